The van der Waals surface area contributed by atoms with Gasteiger partial charge < -0.3 is 9.67 Å². The molecule has 94 valence electrons. The van der Waals surface area contributed by atoms with Crippen molar-refractivity contribution in [2.24, 2.45) is 13.0 Å². The molecule has 1 heterocycles. The van der Waals surface area contributed by atoms with Gasteiger partial charge in [0.15, 0.2) is 6.29 Å². The van der Waals surface area contributed by atoms with Crippen LogP contribution in [-0.2, 0) is 19.9 Å². The van der Waals surface area contributed by atoms with Crippen molar-refractivity contribution < 1.29 is 14.7 Å². The zero-order valence-electron chi connectivity index (χ0n) is 10.8. The zero-order valence-corrected chi connectivity index (χ0v) is 10.8. The molecule has 0 fully saturated rings. The molecule has 0 aliphatic carbocycles. The zero-order chi connectivity index (χ0) is 13.2. The fourth-order valence-electron chi connectivity index (χ4n) is 2.22. The summed E-state index contributed by atoms with van der Waals surface area (Å²) in [6.07, 6.45) is 2.05. The maximum Gasteiger partial charge on any atom is 0.338 e. The second kappa shape index (κ2) is 5.17. The lowest BCUT2D eigenvalue weighted by molar-refractivity contribution is 0.0692. The van der Waals surface area contributed by atoms with E-state index in [4.69, 9.17) is 0 Å². The number of aromatic nitrogens is 1. The van der Waals surface area contributed by atoms with E-state index in [1.807, 2.05) is 6.92 Å². The number of rotatable bonds is 5. The SMILES string of the molecule is CCc1c(C(=O)O)c(C=O)n(C)c1CC(C)C. The van der Waals surface area contributed by atoms with Crippen molar-refractivity contribution >= 4 is 12.3 Å². The minimum atomic E-state index is -1.02. The van der Waals surface area contributed by atoms with Gasteiger partial charge in [-0.2, -0.15) is 0 Å². The monoisotopic (exact) mass is 237 g/mol. The van der Waals surface area contributed by atoms with E-state index in [-0.39, 0.29) is 11.3 Å². The average molecular weight is 237 g/mol. The van der Waals surface area contributed by atoms with Crippen LogP contribution in [0.1, 0.15) is 52.9 Å². The predicted octanol–water partition coefficient (Wildman–Crippen LogP) is 2.30. The molecule has 0 bridgehead atoms. The lowest BCUT2D eigenvalue weighted by atomic mass is 10.0. The quantitative estimate of drug-likeness (QED) is 0.799. The van der Waals surface area contributed by atoms with Gasteiger partial charge in [0.1, 0.15) is 0 Å². The van der Waals surface area contributed by atoms with Crippen LogP contribution in [0.25, 0.3) is 0 Å². The lowest BCUT2D eigenvalue weighted by Gasteiger charge is -2.09. The third-order valence-corrected chi connectivity index (χ3v) is 2.95. The van der Waals surface area contributed by atoms with E-state index >= 15 is 0 Å². The Hall–Kier alpha value is -1.58. The molecule has 1 rings (SSSR count). The highest BCUT2D eigenvalue weighted by Crippen LogP contribution is 2.24. The third kappa shape index (κ3) is 2.40. The van der Waals surface area contributed by atoms with Gasteiger partial charge in [0.05, 0.1) is 11.3 Å². The summed E-state index contributed by atoms with van der Waals surface area (Å²) in [7, 11) is 1.76. The summed E-state index contributed by atoms with van der Waals surface area (Å²) in [5.74, 6) is -0.593. The number of aromatic carboxylic acids is 1. The second-order valence-electron chi connectivity index (χ2n) is 4.62. The molecule has 4 heteroatoms. The maximum atomic E-state index is 11.2. The average Bonchev–Trinajstić information content (AvgIpc) is 2.51. The highest BCUT2D eigenvalue weighted by Gasteiger charge is 2.24. The lowest BCUT2D eigenvalue weighted by Crippen LogP contribution is -2.05. The first-order valence-corrected chi connectivity index (χ1v) is 5.82. The molecule has 0 amide bonds. The minimum Gasteiger partial charge on any atom is -0.478 e. The molecule has 0 unspecified atom stereocenters. The fourth-order valence-corrected chi connectivity index (χ4v) is 2.22. The Labute approximate surface area is 101 Å². The van der Waals surface area contributed by atoms with Gasteiger partial charge in [0.2, 0.25) is 0 Å². The van der Waals surface area contributed by atoms with Gasteiger partial charge in [-0.15, -0.1) is 0 Å². The molecule has 1 N–H and O–H groups in total. The van der Waals surface area contributed by atoms with Gasteiger partial charge in [0.25, 0.3) is 0 Å². The Bertz CT molecular complexity index is 444. The standard InChI is InChI=1S/C13H19NO3/c1-5-9-10(6-8(2)3)14(4)11(7-15)12(9)13(16)17/h7-8H,5-6H2,1-4H3,(H,16,17). The first kappa shape index (κ1) is 13.5. The Morgan fingerprint density at radius 3 is 2.41 bits per heavy atom. The van der Waals surface area contributed by atoms with Crippen LogP contribution in [0.15, 0.2) is 0 Å². The molecule has 0 saturated carbocycles. The number of nitrogens with zero attached hydrogens (tertiary/aromatic N) is 1. The maximum absolute atomic E-state index is 11.2. The van der Waals surface area contributed by atoms with Gasteiger partial charge in [-0.05, 0) is 24.3 Å². The topological polar surface area (TPSA) is 59.3 Å². The molecule has 1 aromatic heterocycles. The van der Waals surface area contributed by atoms with Gasteiger partial charge in [-0.1, -0.05) is 20.8 Å². The Kier molecular flexibility index (Phi) is 4.10. The van der Waals surface area contributed by atoms with Crippen molar-refractivity contribution in [3.8, 4) is 0 Å². The second-order valence-corrected chi connectivity index (χ2v) is 4.62. The van der Waals surface area contributed by atoms with Crippen molar-refractivity contribution in [3.05, 3.63) is 22.5 Å². The van der Waals surface area contributed by atoms with Crippen molar-refractivity contribution in [2.45, 2.75) is 33.6 Å². The summed E-state index contributed by atoms with van der Waals surface area (Å²) < 4.78 is 1.72. The molecule has 0 radical (unpaired) electrons. The molecule has 0 aromatic carbocycles. The van der Waals surface area contributed by atoms with Crippen molar-refractivity contribution in [2.75, 3.05) is 0 Å². The van der Waals surface area contributed by atoms with Crippen molar-refractivity contribution in [1.29, 1.82) is 0 Å². The Balaban J connectivity index is 3.49. The number of hydrogen-bond donors (Lipinski definition) is 1. The first-order valence-electron chi connectivity index (χ1n) is 5.82. The van der Waals surface area contributed by atoms with E-state index < -0.39 is 5.97 Å². The smallest absolute Gasteiger partial charge is 0.338 e. The summed E-state index contributed by atoms with van der Waals surface area (Å²) in [6.45, 7) is 6.07. The van der Waals surface area contributed by atoms with E-state index in [1.165, 1.54) is 0 Å². The molecule has 0 aliphatic rings. The normalized spacial score (nSPS) is 10.9. The van der Waals surface area contributed by atoms with Gasteiger partial charge >= 0.3 is 5.97 Å². The molecule has 0 saturated heterocycles. The van der Waals surface area contributed by atoms with Gasteiger partial charge in [0, 0.05) is 12.7 Å². The molecule has 0 aliphatic heterocycles. The number of carbonyl (C=O) groups is 2. The van der Waals surface area contributed by atoms with Crippen LogP contribution < -0.4 is 0 Å². The third-order valence-electron chi connectivity index (χ3n) is 2.95. The largest absolute Gasteiger partial charge is 0.478 e. The minimum absolute atomic E-state index is 0.167. The summed E-state index contributed by atoms with van der Waals surface area (Å²) >= 11 is 0. The van der Waals surface area contributed by atoms with Crippen LogP contribution >= 0.6 is 0 Å². The molecule has 17 heavy (non-hydrogen) atoms. The predicted molar refractivity (Wildman–Crippen MR) is 65.7 cm³/mol. The molecule has 4 nitrogen and oxygen atoms in total. The number of carboxylic acid groups (broad SMARTS) is 1. The molecule has 0 atom stereocenters. The highest BCUT2D eigenvalue weighted by atomic mass is 16.4. The van der Waals surface area contributed by atoms with Crippen LogP contribution in [0, 0.1) is 5.92 Å². The summed E-state index contributed by atoms with van der Waals surface area (Å²) in [6, 6.07) is 0. The Morgan fingerprint density at radius 2 is 2.06 bits per heavy atom. The van der Waals surface area contributed by atoms with E-state index in [0.717, 1.165) is 17.7 Å². The van der Waals surface area contributed by atoms with Crippen LogP contribution in [0.5, 0.6) is 0 Å². The summed E-state index contributed by atoms with van der Waals surface area (Å²) in [5.41, 5.74) is 2.18. The number of aldehydes is 1. The van der Waals surface area contributed by atoms with Crippen molar-refractivity contribution in [3.63, 3.8) is 0 Å². The first-order chi connectivity index (χ1) is 7.93. The number of carboxylic acids is 1. The molecular weight excluding hydrogens is 218 g/mol. The van der Waals surface area contributed by atoms with E-state index in [1.54, 1.807) is 11.6 Å². The summed E-state index contributed by atoms with van der Waals surface area (Å²) in [5, 5.41) is 9.21. The van der Waals surface area contributed by atoms with Crippen LogP contribution in [0.4, 0.5) is 0 Å². The molecular formula is C13H19NO3. The number of hydrogen-bond acceptors (Lipinski definition) is 2. The Morgan fingerprint density at radius 1 is 1.47 bits per heavy atom. The van der Waals surface area contributed by atoms with Crippen LogP contribution in [0.2, 0.25) is 0 Å². The fraction of sp³-hybridized carbons (Fsp3) is 0.538. The van der Waals surface area contributed by atoms with E-state index in [9.17, 15) is 14.7 Å². The summed E-state index contributed by atoms with van der Waals surface area (Å²) in [4.78, 5) is 22.3. The number of carbonyl (C=O) groups excluding carboxylic acids is 1. The van der Waals surface area contributed by atoms with E-state index in [2.05, 4.69) is 13.8 Å². The van der Waals surface area contributed by atoms with Crippen molar-refractivity contribution in [1.82, 2.24) is 4.57 Å². The van der Waals surface area contributed by atoms with Gasteiger partial charge in [-0.3, -0.25) is 4.79 Å². The molecule has 1 aromatic rings. The van der Waals surface area contributed by atoms with Crippen LogP contribution in [-0.4, -0.2) is 21.9 Å². The van der Waals surface area contributed by atoms with E-state index in [0.29, 0.717) is 18.6 Å². The van der Waals surface area contributed by atoms with Crippen LogP contribution in [0.3, 0.4) is 0 Å². The van der Waals surface area contributed by atoms with Gasteiger partial charge in [-0.25, -0.2) is 4.79 Å². The molecule has 0 spiro atoms. The highest BCUT2D eigenvalue weighted by molar-refractivity contribution is 5.98.